The van der Waals surface area contributed by atoms with Crippen LogP contribution in [-0.2, 0) is 9.53 Å². The number of hydrogen-bond acceptors (Lipinski definition) is 5. The van der Waals surface area contributed by atoms with Gasteiger partial charge in [-0.1, -0.05) is 0 Å². The lowest BCUT2D eigenvalue weighted by Gasteiger charge is -2.34. The average Bonchev–Trinajstić information content (AvgIpc) is 2.74. The molecule has 1 aromatic heterocycles. The third-order valence-electron chi connectivity index (χ3n) is 3.03. The molecule has 6 heteroatoms. The molecule has 1 aliphatic rings. The van der Waals surface area contributed by atoms with E-state index in [1.54, 1.807) is 13.2 Å². The first-order chi connectivity index (χ1) is 8.71. The van der Waals surface area contributed by atoms with Crippen LogP contribution in [0.1, 0.15) is 26.2 Å². The van der Waals surface area contributed by atoms with E-state index in [-0.39, 0.29) is 5.91 Å². The van der Waals surface area contributed by atoms with Gasteiger partial charge in [0.1, 0.15) is 5.00 Å². The van der Waals surface area contributed by atoms with Crippen molar-refractivity contribution >= 4 is 22.4 Å². The number of carbonyl (C=O) groups excluding carboxylic acids is 1. The van der Waals surface area contributed by atoms with Crippen LogP contribution in [0.3, 0.4) is 0 Å². The molecule has 0 saturated heterocycles. The number of rotatable bonds is 6. The van der Waals surface area contributed by atoms with E-state index in [1.807, 2.05) is 6.92 Å². The zero-order valence-corrected chi connectivity index (χ0v) is 11.5. The van der Waals surface area contributed by atoms with Gasteiger partial charge in [-0.15, -0.1) is 0 Å². The Morgan fingerprint density at radius 1 is 1.61 bits per heavy atom. The van der Waals surface area contributed by atoms with Crippen LogP contribution in [0.25, 0.3) is 0 Å². The summed E-state index contributed by atoms with van der Waals surface area (Å²) in [6.07, 6.45) is 2.90. The van der Waals surface area contributed by atoms with Crippen molar-refractivity contribution < 1.29 is 14.3 Å². The topological polar surface area (TPSA) is 60.5 Å². The van der Waals surface area contributed by atoms with Gasteiger partial charge in [-0.05, 0) is 37.2 Å². The monoisotopic (exact) mass is 270 g/mol. The quantitative estimate of drug-likeness (QED) is 0.861. The summed E-state index contributed by atoms with van der Waals surface area (Å²) in [6, 6.07) is 1.73. The van der Waals surface area contributed by atoms with Crippen molar-refractivity contribution in [2.75, 3.05) is 19.0 Å². The fourth-order valence-corrected chi connectivity index (χ4v) is 2.71. The molecule has 0 atom stereocenters. The molecule has 1 aromatic rings. The maximum atomic E-state index is 11.8. The second kappa shape index (κ2) is 6.15. The summed E-state index contributed by atoms with van der Waals surface area (Å²) < 4.78 is 14.5. The van der Waals surface area contributed by atoms with E-state index in [9.17, 15) is 4.79 Å². The third kappa shape index (κ3) is 3.43. The molecule has 0 radical (unpaired) electrons. The number of amides is 1. The van der Waals surface area contributed by atoms with Gasteiger partial charge in [-0.3, -0.25) is 4.79 Å². The highest BCUT2D eigenvalue weighted by atomic mass is 32.1. The molecule has 2 rings (SSSR count). The first-order valence-electron chi connectivity index (χ1n) is 6.13. The van der Waals surface area contributed by atoms with Crippen molar-refractivity contribution in [3.63, 3.8) is 0 Å². The Balaban J connectivity index is 1.70. The van der Waals surface area contributed by atoms with Gasteiger partial charge < -0.3 is 14.8 Å². The van der Waals surface area contributed by atoms with Crippen LogP contribution in [-0.4, -0.2) is 30.1 Å². The van der Waals surface area contributed by atoms with Gasteiger partial charge in [0.05, 0.1) is 13.2 Å². The molecule has 1 N–H and O–H groups in total. The molecule has 0 aliphatic heterocycles. The van der Waals surface area contributed by atoms with Crippen molar-refractivity contribution in [3.8, 4) is 5.88 Å². The number of anilines is 1. The highest BCUT2D eigenvalue weighted by molar-refractivity contribution is 7.10. The molecule has 0 spiro atoms. The van der Waals surface area contributed by atoms with Crippen molar-refractivity contribution in [1.29, 1.82) is 0 Å². The molecule has 18 heavy (non-hydrogen) atoms. The number of aromatic nitrogens is 1. The molecule has 1 fully saturated rings. The van der Waals surface area contributed by atoms with Crippen molar-refractivity contribution in [2.24, 2.45) is 5.92 Å². The first kappa shape index (κ1) is 13.3. The molecule has 0 aromatic carbocycles. The number of nitrogens with zero attached hydrogens (tertiary/aromatic N) is 1. The highest BCUT2D eigenvalue weighted by Crippen LogP contribution is 2.33. The molecular weight excluding hydrogens is 252 g/mol. The molecule has 0 bridgehead atoms. The summed E-state index contributed by atoms with van der Waals surface area (Å²) >= 11 is 1.23. The third-order valence-corrected chi connectivity index (χ3v) is 3.72. The summed E-state index contributed by atoms with van der Waals surface area (Å²) in [5.41, 5.74) is 0. The summed E-state index contributed by atoms with van der Waals surface area (Å²) in [4.78, 5) is 11.8. The highest BCUT2D eigenvalue weighted by Gasteiger charge is 2.31. The SMILES string of the molecule is CCOC1CC(CC(=O)Nc2cc(OC)ns2)C1. The Morgan fingerprint density at radius 3 is 3.00 bits per heavy atom. The van der Waals surface area contributed by atoms with Crippen LogP contribution in [0.5, 0.6) is 5.88 Å². The standard InChI is InChI=1S/C12H18N2O3S/c1-3-17-9-4-8(5-9)6-10(15)13-12-7-11(16-2)14-18-12/h7-9H,3-6H2,1-2H3,(H,13,15). The van der Waals surface area contributed by atoms with Crippen LogP contribution in [0, 0.1) is 5.92 Å². The predicted octanol–water partition coefficient (Wildman–Crippen LogP) is 2.30. The van der Waals surface area contributed by atoms with Gasteiger partial charge in [-0.2, -0.15) is 4.37 Å². The zero-order chi connectivity index (χ0) is 13.0. The Hall–Kier alpha value is -1.14. The normalized spacial score (nSPS) is 22.3. The Morgan fingerprint density at radius 2 is 2.39 bits per heavy atom. The summed E-state index contributed by atoms with van der Waals surface area (Å²) in [5, 5.41) is 3.57. The van der Waals surface area contributed by atoms with Gasteiger partial charge >= 0.3 is 0 Å². The van der Waals surface area contributed by atoms with Crippen LogP contribution >= 0.6 is 11.5 Å². The van der Waals surface area contributed by atoms with Crippen LogP contribution in [0.4, 0.5) is 5.00 Å². The minimum absolute atomic E-state index is 0.0428. The molecule has 1 aliphatic carbocycles. The Bertz CT molecular complexity index is 402. The number of hydrogen-bond donors (Lipinski definition) is 1. The Kier molecular flexibility index (Phi) is 4.54. The van der Waals surface area contributed by atoms with Gasteiger partial charge in [0.15, 0.2) is 0 Å². The molecule has 0 unspecified atom stereocenters. The van der Waals surface area contributed by atoms with Gasteiger partial charge in [-0.25, -0.2) is 0 Å². The molecule has 100 valence electrons. The zero-order valence-electron chi connectivity index (χ0n) is 10.6. The largest absolute Gasteiger partial charge is 0.480 e. The maximum absolute atomic E-state index is 11.8. The van der Waals surface area contributed by atoms with Crippen LogP contribution in [0.15, 0.2) is 6.07 Å². The number of ether oxygens (including phenoxy) is 2. The van der Waals surface area contributed by atoms with E-state index in [0.717, 1.165) is 24.4 Å². The molecule has 1 heterocycles. The number of carbonyl (C=O) groups is 1. The van der Waals surface area contributed by atoms with E-state index in [2.05, 4.69) is 9.69 Å². The van der Waals surface area contributed by atoms with E-state index >= 15 is 0 Å². The summed E-state index contributed by atoms with van der Waals surface area (Å²) in [6.45, 7) is 2.75. The van der Waals surface area contributed by atoms with Crippen LogP contribution in [0.2, 0.25) is 0 Å². The first-order valence-corrected chi connectivity index (χ1v) is 6.90. The fraction of sp³-hybridized carbons (Fsp3) is 0.667. The van der Waals surface area contributed by atoms with Gasteiger partial charge in [0.25, 0.3) is 0 Å². The minimum atomic E-state index is 0.0428. The number of nitrogens with one attached hydrogen (secondary N) is 1. The average molecular weight is 270 g/mol. The fourth-order valence-electron chi connectivity index (χ4n) is 2.08. The molecule has 1 saturated carbocycles. The lowest BCUT2D eigenvalue weighted by Crippen LogP contribution is -2.33. The number of methoxy groups -OCH3 is 1. The van der Waals surface area contributed by atoms with E-state index in [4.69, 9.17) is 9.47 Å². The second-order valence-corrected chi connectivity index (χ2v) is 5.21. The van der Waals surface area contributed by atoms with Gasteiger partial charge in [0.2, 0.25) is 11.8 Å². The smallest absolute Gasteiger partial charge is 0.227 e. The van der Waals surface area contributed by atoms with Gasteiger partial charge in [0, 0.05) is 19.1 Å². The predicted molar refractivity (Wildman–Crippen MR) is 70.1 cm³/mol. The van der Waals surface area contributed by atoms with Crippen LogP contribution < -0.4 is 10.1 Å². The molecule has 5 nitrogen and oxygen atoms in total. The molecule has 1 amide bonds. The maximum Gasteiger partial charge on any atom is 0.227 e. The lowest BCUT2D eigenvalue weighted by molar-refractivity contribution is -0.119. The summed E-state index contributed by atoms with van der Waals surface area (Å²) in [5.74, 6) is 1.04. The van der Waals surface area contributed by atoms with Crippen molar-refractivity contribution in [1.82, 2.24) is 4.37 Å². The Labute approximate surface area is 111 Å². The lowest BCUT2D eigenvalue weighted by atomic mass is 9.80. The second-order valence-electron chi connectivity index (χ2n) is 4.40. The molecular formula is C12H18N2O3S. The van der Waals surface area contributed by atoms with E-state index in [0.29, 0.717) is 24.3 Å². The van der Waals surface area contributed by atoms with E-state index in [1.165, 1.54) is 11.5 Å². The van der Waals surface area contributed by atoms with Crippen molar-refractivity contribution in [2.45, 2.75) is 32.3 Å². The summed E-state index contributed by atoms with van der Waals surface area (Å²) in [7, 11) is 1.56. The van der Waals surface area contributed by atoms with E-state index < -0.39 is 0 Å². The van der Waals surface area contributed by atoms with Crippen molar-refractivity contribution in [3.05, 3.63) is 6.07 Å². The minimum Gasteiger partial charge on any atom is -0.480 e.